The van der Waals surface area contributed by atoms with Crippen LogP contribution in [0.3, 0.4) is 0 Å². The number of nitrogens with one attached hydrogen (secondary N) is 1. The lowest BCUT2D eigenvalue weighted by Gasteiger charge is -2.34. The molecule has 176 valence electrons. The second kappa shape index (κ2) is 10.0. The zero-order chi connectivity index (χ0) is 23.4. The number of rotatable bonds is 4. The molecule has 2 fully saturated rings. The van der Waals surface area contributed by atoms with Gasteiger partial charge in [-0.2, -0.15) is 0 Å². The monoisotopic (exact) mass is 474 g/mol. The lowest BCUT2D eigenvalue weighted by molar-refractivity contribution is -0.132. The third-order valence-corrected chi connectivity index (χ3v) is 6.57. The summed E-state index contributed by atoms with van der Waals surface area (Å²) in [4.78, 5) is 60.0. The van der Waals surface area contributed by atoms with E-state index in [1.807, 2.05) is 0 Å². The van der Waals surface area contributed by atoms with Crippen molar-refractivity contribution in [1.82, 2.24) is 24.6 Å². The first-order valence-electron chi connectivity index (χ1n) is 10.8. The first-order valence-corrected chi connectivity index (χ1v) is 11.6. The fourth-order valence-electron chi connectivity index (χ4n) is 3.82. The molecule has 0 bridgehead atoms. The highest BCUT2D eigenvalue weighted by molar-refractivity contribution is 7.13. The van der Waals surface area contributed by atoms with E-state index in [-0.39, 0.29) is 30.2 Å². The van der Waals surface area contributed by atoms with Crippen molar-refractivity contribution in [2.45, 2.75) is 13.3 Å². The van der Waals surface area contributed by atoms with Gasteiger partial charge in [-0.1, -0.05) is 0 Å². The molecule has 0 radical (unpaired) electrons. The number of amides is 5. The number of hydrogen-bond acceptors (Lipinski definition) is 7. The van der Waals surface area contributed by atoms with Crippen LogP contribution in [0, 0.1) is 0 Å². The van der Waals surface area contributed by atoms with Gasteiger partial charge in [-0.05, 0) is 12.1 Å². The zero-order valence-electron chi connectivity index (χ0n) is 18.4. The smallest absolute Gasteiger partial charge is 0.323 e. The van der Waals surface area contributed by atoms with Crippen LogP contribution >= 0.6 is 11.3 Å². The molecule has 0 aliphatic carbocycles. The molecule has 1 N–H and O–H groups in total. The molecule has 2 aliphatic rings. The number of thiazole rings is 1. The summed E-state index contributed by atoms with van der Waals surface area (Å²) in [5.41, 5.74) is 0.593. The van der Waals surface area contributed by atoms with Gasteiger partial charge in [0.1, 0.15) is 0 Å². The van der Waals surface area contributed by atoms with Crippen molar-refractivity contribution < 1.29 is 23.6 Å². The number of carbonyl (C=O) groups is 4. The molecule has 2 aromatic rings. The Kier molecular flexibility index (Phi) is 6.92. The van der Waals surface area contributed by atoms with Crippen LogP contribution in [0.15, 0.2) is 28.2 Å². The Balaban J connectivity index is 1.22. The summed E-state index contributed by atoms with van der Waals surface area (Å²) in [5, 5.41) is 4.97. The number of aromatic nitrogens is 1. The summed E-state index contributed by atoms with van der Waals surface area (Å²) in [5.74, 6) is 0.0701. The lowest BCUT2D eigenvalue weighted by Crippen LogP contribution is -2.51. The van der Waals surface area contributed by atoms with E-state index < -0.39 is 0 Å². The standard InChI is InChI=1S/C21H26N6O5S/c1-15(28)24-4-10-27(11-5-24)21(31)23-20-22-16(14-33-20)13-18(29)25-6-8-26(9-7-25)19(30)17-3-2-12-32-17/h2-3,12,14H,4-11,13H2,1H3,(H,22,23,31). The molecule has 11 nitrogen and oxygen atoms in total. The van der Waals surface area contributed by atoms with Crippen LogP contribution in [0.1, 0.15) is 23.2 Å². The molecule has 2 aromatic heterocycles. The van der Waals surface area contributed by atoms with Crippen LogP contribution in [0.25, 0.3) is 0 Å². The maximum absolute atomic E-state index is 12.7. The first kappa shape index (κ1) is 22.8. The van der Waals surface area contributed by atoms with Crippen molar-refractivity contribution >= 4 is 40.2 Å². The van der Waals surface area contributed by atoms with Crippen LogP contribution < -0.4 is 5.32 Å². The highest BCUT2D eigenvalue weighted by Gasteiger charge is 2.27. The average Bonchev–Trinajstić information content (AvgIpc) is 3.51. The van der Waals surface area contributed by atoms with Crippen LogP contribution in [-0.4, -0.2) is 101 Å². The summed E-state index contributed by atoms with van der Waals surface area (Å²) in [6.45, 7) is 5.28. The molecule has 2 aliphatic heterocycles. The lowest BCUT2D eigenvalue weighted by atomic mass is 10.2. The molecule has 33 heavy (non-hydrogen) atoms. The van der Waals surface area contributed by atoms with E-state index in [9.17, 15) is 19.2 Å². The molecule has 4 rings (SSSR count). The van der Waals surface area contributed by atoms with Crippen LogP contribution in [-0.2, 0) is 16.0 Å². The van der Waals surface area contributed by atoms with Crippen LogP contribution in [0.2, 0.25) is 0 Å². The maximum Gasteiger partial charge on any atom is 0.323 e. The van der Waals surface area contributed by atoms with Gasteiger partial charge in [0.25, 0.3) is 5.91 Å². The molecule has 2 saturated heterocycles. The van der Waals surface area contributed by atoms with Crippen molar-refractivity contribution in [3.63, 3.8) is 0 Å². The van der Waals surface area contributed by atoms with E-state index in [1.165, 1.54) is 24.5 Å². The van der Waals surface area contributed by atoms with Gasteiger partial charge in [0.15, 0.2) is 10.9 Å². The second-order valence-electron chi connectivity index (χ2n) is 7.89. The Morgan fingerprint density at radius 2 is 1.61 bits per heavy atom. The Morgan fingerprint density at radius 3 is 2.24 bits per heavy atom. The Bertz CT molecular complexity index is 1010. The van der Waals surface area contributed by atoms with Crippen LogP contribution in [0.4, 0.5) is 9.93 Å². The second-order valence-corrected chi connectivity index (χ2v) is 8.75. The fraction of sp³-hybridized carbons (Fsp3) is 0.476. The quantitative estimate of drug-likeness (QED) is 0.705. The van der Waals surface area contributed by atoms with E-state index in [1.54, 1.807) is 37.1 Å². The van der Waals surface area contributed by atoms with Crippen molar-refractivity contribution in [2.75, 3.05) is 57.7 Å². The van der Waals surface area contributed by atoms with Gasteiger partial charge < -0.3 is 24.0 Å². The van der Waals surface area contributed by atoms with Crippen molar-refractivity contribution in [3.8, 4) is 0 Å². The van der Waals surface area contributed by atoms with E-state index in [0.29, 0.717) is 68.9 Å². The summed E-state index contributed by atoms with van der Waals surface area (Å²) >= 11 is 1.27. The van der Waals surface area contributed by atoms with Gasteiger partial charge in [-0.3, -0.25) is 19.7 Å². The molecule has 4 heterocycles. The highest BCUT2D eigenvalue weighted by atomic mass is 32.1. The Hall–Kier alpha value is -3.41. The van der Waals surface area contributed by atoms with Gasteiger partial charge in [-0.25, -0.2) is 9.78 Å². The molecule has 0 unspecified atom stereocenters. The highest BCUT2D eigenvalue weighted by Crippen LogP contribution is 2.18. The van der Waals surface area contributed by atoms with Gasteiger partial charge in [0.2, 0.25) is 11.8 Å². The predicted molar refractivity (Wildman–Crippen MR) is 120 cm³/mol. The maximum atomic E-state index is 12.7. The number of hydrogen-bond donors (Lipinski definition) is 1. The minimum absolute atomic E-state index is 0.00910. The molecular formula is C21H26N6O5S. The molecule has 0 spiro atoms. The average molecular weight is 475 g/mol. The first-order chi connectivity index (χ1) is 15.9. The number of carbonyl (C=O) groups excluding carboxylic acids is 4. The summed E-state index contributed by atoms with van der Waals surface area (Å²) in [6, 6.07) is 3.04. The zero-order valence-corrected chi connectivity index (χ0v) is 19.2. The van der Waals surface area contributed by atoms with Gasteiger partial charge in [-0.15, -0.1) is 11.3 Å². The van der Waals surface area contributed by atoms with Crippen molar-refractivity contribution in [1.29, 1.82) is 0 Å². The summed E-state index contributed by atoms with van der Waals surface area (Å²) in [7, 11) is 0. The van der Waals surface area contributed by atoms with Crippen LogP contribution in [0.5, 0.6) is 0 Å². The molecule has 12 heteroatoms. The number of piperazine rings is 2. The van der Waals surface area contributed by atoms with Gasteiger partial charge in [0, 0.05) is 64.7 Å². The SMILES string of the molecule is CC(=O)N1CCN(C(=O)Nc2nc(CC(=O)N3CCN(C(=O)c4ccco4)CC3)cs2)CC1. The fourth-order valence-corrected chi connectivity index (χ4v) is 4.52. The predicted octanol–water partition coefficient (Wildman–Crippen LogP) is 0.959. The third kappa shape index (κ3) is 5.51. The van der Waals surface area contributed by atoms with E-state index in [4.69, 9.17) is 4.42 Å². The number of nitrogens with zero attached hydrogens (tertiary/aromatic N) is 5. The topological polar surface area (TPSA) is 119 Å². The van der Waals surface area contributed by atoms with Crippen molar-refractivity contribution in [2.24, 2.45) is 0 Å². The minimum atomic E-state index is -0.261. The molecule has 0 aromatic carbocycles. The third-order valence-electron chi connectivity index (χ3n) is 5.76. The molecule has 0 saturated carbocycles. The normalized spacial score (nSPS) is 16.6. The Labute approximate surface area is 194 Å². The van der Waals surface area contributed by atoms with E-state index in [2.05, 4.69) is 10.3 Å². The van der Waals surface area contributed by atoms with Crippen molar-refractivity contribution in [3.05, 3.63) is 35.2 Å². The molecular weight excluding hydrogens is 448 g/mol. The number of anilines is 1. The van der Waals surface area contributed by atoms with Gasteiger partial charge >= 0.3 is 6.03 Å². The summed E-state index contributed by atoms with van der Waals surface area (Å²) < 4.78 is 5.16. The number of urea groups is 1. The largest absolute Gasteiger partial charge is 0.459 e. The van der Waals surface area contributed by atoms with E-state index >= 15 is 0 Å². The van der Waals surface area contributed by atoms with E-state index in [0.717, 1.165) is 0 Å². The minimum Gasteiger partial charge on any atom is -0.459 e. The molecule has 5 amide bonds. The Morgan fingerprint density at radius 1 is 0.970 bits per heavy atom. The molecule has 0 atom stereocenters. The summed E-state index contributed by atoms with van der Waals surface area (Å²) in [6.07, 6.45) is 1.60. The number of furan rings is 1. The van der Waals surface area contributed by atoms with Gasteiger partial charge in [0.05, 0.1) is 18.4 Å².